The minimum Gasteiger partial charge on any atom is -0.489 e. The first kappa shape index (κ1) is 15.8. The molecule has 1 saturated heterocycles. The van der Waals surface area contributed by atoms with E-state index in [4.69, 9.17) is 9.88 Å². The highest BCUT2D eigenvalue weighted by molar-refractivity contribution is 7.89. The summed E-state index contributed by atoms with van der Waals surface area (Å²) in [6.07, 6.45) is 2.18. The van der Waals surface area contributed by atoms with E-state index in [-0.39, 0.29) is 11.0 Å². The standard InChI is InChI=1S/C17H20N2O3S/c18-23(20,21)17-10-8-14(9-11-17)19-12-4-7-16(13-19)22-15-5-2-1-3-6-15/h1-3,5-6,8-11,16H,4,7,12-13H2,(H2,18,20,21). The van der Waals surface area contributed by atoms with Crippen LogP contribution in [0.4, 0.5) is 5.69 Å². The minimum atomic E-state index is -3.64. The summed E-state index contributed by atoms with van der Waals surface area (Å²) in [7, 11) is -3.64. The van der Waals surface area contributed by atoms with Crippen LogP contribution in [-0.4, -0.2) is 27.6 Å². The second-order valence-corrected chi connectivity index (χ2v) is 7.24. The Morgan fingerprint density at radius 1 is 1.04 bits per heavy atom. The lowest BCUT2D eigenvalue weighted by atomic mass is 10.1. The Morgan fingerprint density at radius 3 is 2.39 bits per heavy atom. The SMILES string of the molecule is NS(=O)(=O)c1ccc(N2CCCC(Oc3ccccc3)C2)cc1. The summed E-state index contributed by atoms with van der Waals surface area (Å²) in [5.41, 5.74) is 0.985. The monoisotopic (exact) mass is 332 g/mol. The topological polar surface area (TPSA) is 72.6 Å². The zero-order valence-electron chi connectivity index (χ0n) is 12.8. The van der Waals surface area contributed by atoms with E-state index in [1.807, 2.05) is 30.3 Å². The van der Waals surface area contributed by atoms with E-state index in [0.29, 0.717) is 0 Å². The number of nitrogens with zero attached hydrogens (tertiary/aromatic N) is 1. The van der Waals surface area contributed by atoms with E-state index in [1.165, 1.54) is 0 Å². The first-order chi connectivity index (χ1) is 11.0. The zero-order valence-corrected chi connectivity index (χ0v) is 13.6. The van der Waals surface area contributed by atoms with E-state index < -0.39 is 10.0 Å². The average molecular weight is 332 g/mol. The summed E-state index contributed by atoms with van der Waals surface area (Å²) >= 11 is 0. The number of primary sulfonamides is 1. The third-order valence-electron chi connectivity index (χ3n) is 3.95. The molecule has 1 fully saturated rings. The maximum atomic E-state index is 11.3. The predicted octanol–water partition coefficient (Wildman–Crippen LogP) is 2.38. The molecule has 0 bridgehead atoms. The molecule has 5 nitrogen and oxygen atoms in total. The van der Waals surface area contributed by atoms with Gasteiger partial charge in [0.2, 0.25) is 10.0 Å². The summed E-state index contributed by atoms with van der Waals surface area (Å²) in [4.78, 5) is 2.35. The van der Waals surface area contributed by atoms with Gasteiger partial charge in [-0.25, -0.2) is 13.6 Å². The molecule has 1 atom stereocenters. The number of rotatable bonds is 4. The van der Waals surface area contributed by atoms with Gasteiger partial charge in [0.1, 0.15) is 11.9 Å². The molecule has 122 valence electrons. The van der Waals surface area contributed by atoms with Gasteiger partial charge in [0.25, 0.3) is 0 Å². The van der Waals surface area contributed by atoms with Crippen LogP contribution in [-0.2, 0) is 10.0 Å². The van der Waals surface area contributed by atoms with Crippen molar-refractivity contribution in [1.29, 1.82) is 0 Å². The van der Waals surface area contributed by atoms with Crippen molar-refractivity contribution in [1.82, 2.24) is 0 Å². The van der Waals surface area contributed by atoms with Crippen molar-refractivity contribution < 1.29 is 13.2 Å². The highest BCUT2D eigenvalue weighted by atomic mass is 32.2. The number of sulfonamides is 1. The van der Waals surface area contributed by atoms with Gasteiger partial charge in [0.05, 0.1) is 11.4 Å². The fourth-order valence-corrected chi connectivity index (χ4v) is 3.32. The van der Waals surface area contributed by atoms with Crippen LogP contribution in [0.25, 0.3) is 0 Å². The third-order valence-corrected chi connectivity index (χ3v) is 4.88. The van der Waals surface area contributed by atoms with Gasteiger partial charge >= 0.3 is 0 Å². The third kappa shape index (κ3) is 4.03. The molecule has 1 heterocycles. The van der Waals surface area contributed by atoms with E-state index in [0.717, 1.165) is 37.4 Å². The lowest BCUT2D eigenvalue weighted by molar-refractivity contribution is 0.179. The van der Waals surface area contributed by atoms with Crippen molar-refractivity contribution in [3.05, 3.63) is 54.6 Å². The molecule has 2 aromatic carbocycles. The molecule has 0 aromatic heterocycles. The molecule has 0 saturated carbocycles. The zero-order chi connectivity index (χ0) is 16.3. The Balaban J connectivity index is 1.68. The Hall–Kier alpha value is -2.05. The average Bonchev–Trinajstić information content (AvgIpc) is 2.55. The lowest BCUT2D eigenvalue weighted by Crippen LogP contribution is -2.41. The van der Waals surface area contributed by atoms with Crippen LogP contribution in [0, 0.1) is 0 Å². The Labute approximate surface area is 136 Å². The number of hydrogen-bond donors (Lipinski definition) is 1. The van der Waals surface area contributed by atoms with Crippen molar-refractivity contribution in [2.75, 3.05) is 18.0 Å². The molecule has 2 N–H and O–H groups in total. The molecule has 23 heavy (non-hydrogen) atoms. The summed E-state index contributed by atoms with van der Waals surface area (Å²) in [6, 6.07) is 16.5. The van der Waals surface area contributed by atoms with Gasteiger partial charge in [-0.05, 0) is 49.2 Å². The fraction of sp³-hybridized carbons (Fsp3) is 0.294. The number of piperidine rings is 1. The van der Waals surface area contributed by atoms with Crippen molar-refractivity contribution in [3.8, 4) is 5.75 Å². The van der Waals surface area contributed by atoms with Crippen LogP contribution in [0.2, 0.25) is 0 Å². The van der Waals surface area contributed by atoms with Crippen molar-refractivity contribution in [2.45, 2.75) is 23.8 Å². The maximum absolute atomic E-state index is 11.3. The van der Waals surface area contributed by atoms with Gasteiger partial charge in [-0.2, -0.15) is 0 Å². The molecular formula is C17H20N2O3S. The number of anilines is 1. The summed E-state index contributed by atoms with van der Waals surface area (Å²) < 4.78 is 28.7. The molecule has 6 heteroatoms. The first-order valence-electron chi connectivity index (χ1n) is 7.62. The smallest absolute Gasteiger partial charge is 0.238 e. The first-order valence-corrected chi connectivity index (χ1v) is 9.16. The van der Waals surface area contributed by atoms with Crippen LogP contribution in [0.5, 0.6) is 5.75 Å². The van der Waals surface area contributed by atoms with Crippen molar-refractivity contribution in [3.63, 3.8) is 0 Å². The van der Waals surface area contributed by atoms with Crippen LogP contribution in [0.3, 0.4) is 0 Å². The number of nitrogens with two attached hydrogens (primary N) is 1. The molecule has 0 spiro atoms. The number of ether oxygens (including phenoxy) is 1. The summed E-state index contributed by atoms with van der Waals surface area (Å²) in [6.45, 7) is 1.72. The molecule has 1 aliphatic rings. The fourth-order valence-electron chi connectivity index (χ4n) is 2.81. The van der Waals surface area contributed by atoms with Crippen molar-refractivity contribution >= 4 is 15.7 Å². The Morgan fingerprint density at radius 2 is 1.74 bits per heavy atom. The number of hydrogen-bond acceptors (Lipinski definition) is 4. The van der Waals surface area contributed by atoms with Gasteiger partial charge in [-0.3, -0.25) is 0 Å². The van der Waals surface area contributed by atoms with Crippen LogP contribution >= 0.6 is 0 Å². The molecule has 0 aliphatic carbocycles. The normalized spacial score (nSPS) is 18.7. The van der Waals surface area contributed by atoms with Gasteiger partial charge in [-0.1, -0.05) is 18.2 Å². The van der Waals surface area contributed by atoms with Crippen molar-refractivity contribution in [2.24, 2.45) is 5.14 Å². The lowest BCUT2D eigenvalue weighted by Gasteiger charge is -2.34. The second kappa shape index (κ2) is 6.60. The van der Waals surface area contributed by atoms with E-state index in [2.05, 4.69) is 4.90 Å². The van der Waals surface area contributed by atoms with E-state index in [1.54, 1.807) is 24.3 Å². The summed E-state index contributed by atoms with van der Waals surface area (Å²) in [5, 5.41) is 5.13. The molecular weight excluding hydrogens is 312 g/mol. The van der Waals surface area contributed by atoms with E-state index >= 15 is 0 Å². The van der Waals surface area contributed by atoms with Gasteiger partial charge in [0, 0.05) is 12.2 Å². The highest BCUT2D eigenvalue weighted by Crippen LogP contribution is 2.24. The largest absolute Gasteiger partial charge is 0.489 e. The van der Waals surface area contributed by atoms with Crippen LogP contribution < -0.4 is 14.8 Å². The molecule has 3 rings (SSSR count). The quantitative estimate of drug-likeness (QED) is 0.933. The number of benzene rings is 2. The molecule has 1 unspecified atom stereocenters. The Kier molecular flexibility index (Phi) is 4.54. The second-order valence-electron chi connectivity index (χ2n) is 5.68. The molecule has 2 aromatic rings. The van der Waals surface area contributed by atoms with Gasteiger partial charge < -0.3 is 9.64 Å². The maximum Gasteiger partial charge on any atom is 0.238 e. The van der Waals surface area contributed by atoms with E-state index in [9.17, 15) is 8.42 Å². The van der Waals surface area contributed by atoms with Gasteiger partial charge in [-0.15, -0.1) is 0 Å². The molecule has 0 radical (unpaired) electrons. The minimum absolute atomic E-state index is 0.129. The summed E-state index contributed by atoms with van der Waals surface area (Å²) in [5.74, 6) is 0.879. The Bertz CT molecular complexity index is 745. The van der Waals surface area contributed by atoms with Crippen LogP contribution in [0.1, 0.15) is 12.8 Å². The van der Waals surface area contributed by atoms with Crippen LogP contribution in [0.15, 0.2) is 59.5 Å². The molecule has 0 amide bonds. The highest BCUT2D eigenvalue weighted by Gasteiger charge is 2.22. The predicted molar refractivity (Wildman–Crippen MR) is 90.1 cm³/mol. The number of para-hydroxylation sites is 1. The molecule has 1 aliphatic heterocycles. The van der Waals surface area contributed by atoms with Gasteiger partial charge in [0.15, 0.2) is 0 Å².